The molecule has 0 fully saturated rings. The largest absolute Gasteiger partial charge is 0.380 e. The van der Waals surface area contributed by atoms with Gasteiger partial charge in [0.05, 0.1) is 6.61 Å². The SMILES string of the molecule is CCCNc1cccc(Nc2ccccc2COC)n1. The second kappa shape index (κ2) is 7.50. The van der Waals surface area contributed by atoms with Gasteiger partial charge in [-0.15, -0.1) is 0 Å². The van der Waals surface area contributed by atoms with Crippen LogP contribution in [0.25, 0.3) is 0 Å². The van der Waals surface area contributed by atoms with Crippen LogP contribution in [0.4, 0.5) is 17.3 Å². The predicted octanol–water partition coefficient (Wildman–Crippen LogP) is 3.79. The molecule has 0 radical (unpaired) electrons. The zero-order valence-corrected chi connectivity index (χ0v) is 12.0. The number of methoxy groups -OCH3 is 1. The van der Waals surface area contributed by atoms with E-state index in [4.69, 9.17) is 4.74 Å². The Balaban J connectivity index is 2.13. The summed E-state index contributed by atoms with van der Waals surface area (Å²) in [5.41, 5.74) is 2.14. The molecule has 0 aliphatic rings. The molecule has 4 nitrogen and oxygen atoms in total. The lowest BCUT2D eigenvalue weighted by atomic mass is 10.2. The molecular formula is C16H21N3O. The Morgan fingerprint density at radius 2 is 1.85 bits per heavy atom. The van der Waals surface area contributed by atoms with E-state index in [9.17, 15) is 0 Å². The molecule has 2 N–H and O–H groups in total. The maximum Gasteiger partial charge on any atom is 0.132 e. The second-order valence-corrected chi connectivity index (χ2v) is 4.55. The maximum absolute atomic E-state index is 5.21. The van der Waals surface area contributed by atoms with Crippen molar-refractivity contribution in [1.29, 1.82) is 0 Å². The van der Waals surface area contributed by atoms with Crippen molar-refractivity contribution in [3.8, 4) is 0 Å². The van der Waals surface area contributed by atoms with Crippen molar-refractivity contribution in [1.82, 2.24) is 4.98 Å². The summed E-state index contributed by atoms with van der Waals surface area (Å²) in [4.78, 5) is 4.54. The Morgan fingerprint density at radius 3 is 2.65 bits per heavy atom. The van der Waals surface area contributed by atoms with Crippen molar-refractivity contribution >= 4 is 17.3 Å². The number of pyridine rings is 1. The zero-order valence-electron chi connectivity index (χ0n) is 12.0. The molecule has 1 aromatic heterocycles. The summed E-state index contributed by atoms with van der Waals surface area (Å²) in [6, 6.07) is 14.0. The highest BCUT2D eigenvalue weighted by atomic mass is 16.5. The third kappa shape index (κ3) is 3.96. The van der Waals surface area contributed by atoms with Gasteiger partial charge in [-0.1, -0.05) is 31.2 Å². The number of aromatic nitrogens is 1. The van der Waals surface area contributed by atoms with Crippen molar-refractivity contribution in [2.75, 3.05) is 24.3 Å². The lowest BCUT2D eigenvalue weighted by molar-refractivity contribution is 0.185. The van der Waals surface area contributed by atoms with E-state index >= 15 is 0 Å². The number of anilines is 3. The van der Waals surface area contributed by atoms with Gasteiger partial charge < -0.3 is 15.4 Å². The van der Waals surface area contributed by atoms with Crippen LogP contribution in [-0.4, -0.2) is 18.6 Å². The lowest BCUT2D eigenvalue weighted by Crippen LogP contribution is -2.04. The van der Waals surface area contributed by atoms with Crippen molar-refractivity contribution in [3.63, 3.8) is 0 Å². The maximum atomic E-state index is 5.21. The van der Waals surface area contributed by atoms with Gasteiger partial charge >= 0.3 is 0 Å². The molecule has 0 saturated carbocycles. The van der Waals surface area contributed by atoms with Gasteiger partial charge in [0.2, 0.25) is 0 Å². The van der Waals surface area contributed by atoms with Gasteiger partial charge in [-0.25, -0.2) is 4.98 Å². The van der Waals surface area contributed by atoms with Crippen LogP contribution in [0.5, 0.6) is 0 Å². The highest BCUT2D eigenvalue weighted by molar-refractivity contribution is 5.61. The Morgan fingerprint density at radius 1 is 1.05 bits per heavy atom. The predicted molar refractivity (Wildman–Crippen MR) is 83.5 cm³/mol. The van der Waals surface area contributed by atoms with E-state index in [1.165, 1.54) is 0 Å². The molecule has 0 bridgehead atoms. The van der Waals surface area contributed by atoms with Crippen LogP contribution in [0.3, 0.4) is 0 Å². The fourth-order valence-corrected chi connectivity index (χ4v) is 1.92. The Bertz CT molecular complexity index is 543. The molecule has 0 atom stereocenters. The van der Waals surface area contributed by atoms with Crippen molar-refractivity contribution in [3.05, 3.63) is 48.0 Å². The van der Waals surface area contributed by atoms with Gasteiger partial charge in [0.15, 0.2) is 0 Å². The normalized spacial score (nSPS) is 10.3. The lowest BCUT2D eigenvalue weighted by Gasteiger charge is -2.12. The third-order valence-electron chi connectivity index (χ3n) is 2.89. The van der Waals surface area contributed by atoms with Gasteiger partial charge in [-0.2, -0.15) is 0 Å². The van der Waals surface area contributed by atoms with Crippen LogP contribution in [0.2, 0.25) is 0 Å². The highest BCUT2D eigenvalue weighted by Gasteiger charge is 2.03. The Hall–Kier alpha value is -2.07. The molecule has 106 valence electrons. The first-order valence-corrected chi connectivity index (χ1v) is 6.88. The number of ether oxygens (including phenoxy) is 1. The third-order valence-corrected chi connectivity index (χ3v) is 2.89. The molecule has 2 rings (SSSR count). The second-order valence-electron chi connectivity index (χ2n) is 4.55. The average molecular weight is 271 g/mol. The van der Waals surface area contributed by atoms with E-state index in [1.807, 2.05) is 42.5 Å². The van der Waals surface area contributed by atoms with Crippen molar-refractivity contribution in [2.24, 2.45) is 0 Å². The quantitative estimate of drug-likeness (QED) is 0.804. The summed E-state index contributed by atoms with van der Waals surface area (Å²) in [5, 5.41) is 6.63. The minimum atomic E-state index is 0.580. The summed E-state index contributed by atoms with van der Waals surface area (Å²) >= 11 is 0. The average Bonchev–Trinajstić information content (AvgIpc) is 2.48. The van der Waals surface area contributed by atoms with Gasteiger partial charge in [0, 0.05) is 24.9 Å². The molecule has 1 aromatic carbocycles. The standard InChI is InChI=1S/C16H21N3O/c1-3-11-17-15-9-6-10-16(19-15)18-14-8-5-4-7-13(14)12-20-2/h4-10H,3,11-12H2,1-2H3,(H2,17,18,19). The fraction of sp³-hybridized carbons (Fsp3) is 0.312. The summed E-state index contributed by atoms with van der Waals surface area (Å²) < 4.78 is 5.21. The van der Waals surface area contributed by atoms with Crippen LogP contribution in [0.1, 0.15) is 18.9 Å². The first kappa shape index (κ1) is 14.3. The molecule has 0 aliphatic carbocycles. The number of hydrogen-bond acceptors (Lipinski definition) is 4. The van der Waals surface area contributed by atoms with Gasteiger partial charge in [0.1, 0.15) is 11.6 Å². The molecular weight excluding hydrogens is 250 g/mol. The molecule has 0 aliphatic heterocycles. The summed E-state index contributed by atoms with van der Waals surface area (Å²) in [7, 11) is 1.70. The van der Waals surface area contributed by atoms with Gasteiger partial charge in [-0.05, 0) is 24.6 Å². The van der Waals surface area contributed by atoms with Gasteiger partial charge in [0.25, 0.3) is 0 Å². The molecule has 20 heavy (non-hydrogen) atoms. The number of nitrogens with zero attached hydrogens (tertiary/aromatic N) is 1. The molecule has 1 heterocycles. The van der Waals surface area contributed by atoms with E-state index in [0.29, 0.717) is 6.61 Å². The van der Waals surface area contributed by atoms with Crippen LogP contribution in [-0.2, 0) is 11.3 Å². The van der Waals surface area contributed by atoms with Gasteiger partial charge in [-0.3, -0.25) is 0 Å². The first-order chi connectivity index (χ1) is 9.83. The number of para-hydroxylation sites is 1. The summed E-state index contributed by atoms with van der Waals surface area (Å²) in [6.07, 6.45) is 1.08. The zero-order chi connectivity index (χ0) is 14.2. The van der Waals surface area contributed by atoms with Crippen LogP contribution in [0.15, 0.2) is 42.5 Å². The molecule has 4 heteroatoms. The summed E-state index contributed by atoms with van der Waals surface area (Å²) in [6.45, 7) is 3.64. The van der Waals surface area contributed by atoms with Crippen LogP contribution >= 0.6 is 0 Å². The van der Waals surface area contributed by atoms with E-state index in [-0.39, 0.29) is 0 Å². The Kier molecular flexibility index (Phi) is 5.38. The van der Waals surface area contributed by atoms with E-state index < -0.39 is 0 Å². The van der Waals surface area contributed by atoms with E-state index in [2.05, 4.69) is 22.5 Å². The highest BCUT2D eigenvalue weighted by Crippen LogP contribution is 2.21. The number of nitrogens with one attached hydrogen (secondary N) is 2. The monoisotopic (exact) mass is 271 g/mol. The van der Waals surface area contributed by atoms with Crippen LogP contribution < -0.4 is 10.6 Å². The van der Waals surface area contributed by atoms with Crippen molar-refractivity contribution < 1.29 is 4.74 Å². The molecule has 0 spiro atoms. The Labute approximate surface area is 120 Å². The molecule has 0 amide bonds. The molecule has 2 aromatic rings. The fourth-order valence-electron chi connectivity index (χ4n) is 1.92. The number of rotatable bonds is 7. The smallest absolute Gasteiger partial charge is 0.132 e. The van der Waals surface area contributed by atoms with Crippen molar-refractivity contribution in [2.45, 2.75) is 20.0 Å². The first-order valence-electron chi connectivity index (χ1n) is 6.88. The minimum absolute atomic E-state index is 0.580. The molecule has 0 unspecified atom stereocenters. The topological polar surface area (TPSA) is 46.2 Å². The minimum Gasteiger partial charge on any atom is -0.380 e. The number of hydrogen-bond donors (Lipinski definition) is 2. The van der Waals surface area contributed by atoms with Crippen LogP contribution in [0, 0.1) is 0 Å². The van der Waals surface area contributed by atoms with E-state index in [1.54, 1.807) is 7.11 Å². The summed E-state index contributed by atoms with van der Waals surface area (Å²) in [5.74, 6) is 1.72. The number of benzene rings is 1. The van der Waals surface area contributed by atoms with E-state index in [0.717, 1.165) is 35.9 Å². The molecule has 0 saturated heterocycles.